The minimum atomic E-state index is -0.563. The van der Waals surface area contributed by atoms with Gasteiger partial charge in [0.05, 0.1) is 0 Å². The number of nitrogens with one attached hydrogen (secondary N) is 2. The third kappa shape index (κ3) is 9.02. The van der Waals surface area contributed by atoms with E-state index in [-0.39, 0.29) is 16.8 Å². The molecule has 0 spiro atoms. The van der Waals surface area contributed by atoms with Gasteiger partial charge < -0.3 is 10.1 Å². The molecule has 0 aliphatic carbocycles. The minimum absolute atomic E-state index is 0.0297. The number of benzene rings is 1. The zero-order valence-corrected chi connectivity index (χ0v) is 20.2. The van der Waals surface area contributed by atoms with Crippen molar-refractivity contribution >= 4 is 17.8 Å². The second-order valence-corrected chi connectivity index (χ2v) is 9.58. The highest BCUT2D eigenvalue weighted by Crippen LogP contribution is 2.25. The Balaban J connectivity index is 2.07. The number of rotatable bonds is 9. The summed E-state index contributed by atoms with van der Waals surface area (Å²) in [5.41, 5.74) is 2.19. The quantitative estimate of drug-likeness (QED) is 0.420. The molecule has 2 N–H and O–H groups in total. The predicted molar refractivity (Wildman–Crippen MR) is 125 cm³/mol. The average molecular weight is 471 g/mol. The lowest BCUT2D eigenvalue weighted by atomic mass is 9.87. The van der Waals surface area contributed by atoms with Gasteiger partial charge in [0.15, 0.2) is 5.82 Å². The molecule has 34 heavy (non-hydrogen) atoms. The Kier molecular flexibility index (Phi) is 8.90. The third-order valence-corrected chi connectivity index (χ3v) is 4.65. The molecule has 182 valence electrons. The van der Waals surface area contributed by atoms with Crippen LogP contribution in [0.4, 0.5) is 15.0 Å². The van der Waals surface area contributed by atoms with E-state index in [0.717, 1.165) is 0 Å². The van der Waals surface area contributed by atoms with Crippen LogP contribution in [0.25, 0.3) is 0 Å². The normalized spacial score (nSPS) is 11.3. The number of amides is 2. The first-order valence-corrected chi connectivity index (χ1v) is 10.9. The monoisotopic (exact) mass is 470 g/mol. The lowest BCUT2D eigenvalue weighted by molar-refractivity contribution is 0.0525. The first-order valence-electron chi connectivity index (χ1n) is 10.9. The molecule has 9 nitrogen and oxygen atoms in total. The van der Waals surface area contributed by atoms with Crippen LogP contribution in [0.5, 0.6) is 0 Å². The van der Waals surface area contributed by atoms with E-state index < -0.39 is 23.4 Å². The summed E-state index contributed by atoms with van der Waals surface area (Å²) >= 11 is 0. The number of hydrogen-bond donors (Lipinski definition) is 2. The van der Waals surface area contributed by atoms with E-state index in [1.165, 1.54) is 30.5 Å². The number of ether oxygens (including phenoxy) is 1. The molecule has 0 radical (unpaired) electrons. The van der Waals surface area contributed by atoms with E-state index in [4.69, 9.17) is 10.00 Å². The predicted octanol–water partition coefficient (Wildman–Crippen LogP) is 3.97. The summed E-state index contributed by atoms with van der Waals surface area (Å²) < 4.78 is 18.5. The molecule has 0 saturated heterocycles. The number of carbonyl (C=O) groups is 2. The largest absolute Gasteiger partial charge is 0.444 e. The Morgan fingerprint density at radius 1 is 1.15 bits per heavy atom. The van der Waals surface area contributed by atoms with Crippen molar-refractivity contribution < 1.29 is 18.7 Å². The van der Waals surface area contributed by atoms with Crippen molar-refractivity contribution in [2.24, 2.45) is 5.41 Å². The average Bonchev–Trinajstić information content (AvgIpc) is 2.75. The number of anilines is 1. The van der Waals surface area contributed by atoms with Gasteiger partial charge in [-0.15, -0.1) is 0 Å². The van der Waals surface area contributed by atoms with Crippen LogP contribution in [-0.2, 0) is 4.74 Å². The number of hydrazine groups is 1. The standard InChI is InChI=1S/C24H31FN6O3/c1-23(2,3)34-22(33)28-13-6-12-24(4,5)16-31(20-11-14-27-19(15-26)29-20)30-21(32)17-7-9-18(25)10-8-17/h7-11,14H,6,12-13,16H2,1-5H3,(H,28,33)(H,30,32). The first-order chi connectivity index (χ1) is 15.9. The Morgan fingerprint density at radius 3 is 2.44 bits per heavy atom. The number of nitrogens with zero attached hydrogens (tertiary/aromatic N) is 4. The number of carbonyl (C=O) groups excluding carboxylic acids is 2. The molecular weight excluding hydrogens is 439 g/mol. The molecule has 1 aromatic carbocycles. The van der Waals surface area contributed by atoms with E-state index >= 15 is 0 Å². The third-order valence-electron chi connectivity index (χ3n) is 4.65. The summed E-state index contributed by atoms with van der Waals surface area (Å²) in [5.74, 6) is -0.566. The van der Waals surface area contributed by atoms with Crippen molar-refractivity contribution in [1.82, 2.24) is 20.7 Å². The Morgan fingerprint density at radius 2 is 1.82 bits per heavy atom. The van der Waals surface area contributed by atoms with Gasteiger partial charge >= 0.3 is 6.09 Å². The van der Waals surface area contributed by atoms with Crippen LogP contribution >= 0.6 is 0 Å². The van der Waals surface area contributed by atoms with Crippen LogP contribution < -0.4 is 15.8 Å². The fourth-order valence-electron chi connectivity index (χ4n) is 3.10. The summed E-state index contributed by atoms with van der Waals surface area (Å²) in [4.78, 5) is 32.7. The number of hydrogen-bond acceptors (Lipinski definition) is 7. The van der Waals surface area contributed by atoms with E-state index in [0.29, 0.717) is 31.7 Å². The van der Waals surface area contributed by atoms with Crippen LogP contribution in [0.1, 0.15) is 63.6 Å². The number of nitriles is 1. The van der Waals surface area contributed by atoms with Gasteiger partial charge in [-0.3, -0.25) is 15.2 Å². The summed E-state index contributed by atoms with van der Waals surface area (Å²) in [7, 11) is 0. The summed E-state index contributed by atoms with van der Waals surface area (Å²) in [6.07, 6.45) is 2.36. The Bertz CT molecular complexity index is 1030. The van der Waals surface area contributed by atoms with Crippen molar-refractivity contribution in [3.8, 4) is 6.07 Å². The van der Waals surface area contributed by atoms with Gasteiger partial charge in [0.25, 0.3) is 5.91 Å². The molecular formula is C24H31FN6O3. The second kappa shape index (κ2) is 11.4. The molecule has 2 rings (SSSR count). The van der Waals surface area contributed by atoms with Crippen molar-refractivity contribution in [3.63, 3.8) is 0 Å². The molecule has 0 aliphatic rings. The van der Waals surface area contributed by atoms with Crippen molar-refractivity contribution in [2.45, 2.75) is 53.1 Å². The molecule has 0 saturated carbocycles. The highest BCUT2D eigenvalue weighted by atomic mass is 19.1. The lowest BCUT2D eigenvalue weighted by Crippen LogP contribution is -2.47. The minimum Gasteiger partial charge on any atom is -0.444 e. The fraction of sp³-hybridized carbons (Fsp3) is 0.458. The van der Waals surface area contributed by atoms with E-state index in [2.05, 4.69) is 20.7 Å². The maximum atomic E-state index is 13.2. The molecule has 0 bridgehead atoms. The molecule has 0 unspecified atom stereocenters. The van der Waals surface area contributed by atoms with Crippen molar-refractivity contribution in [2.75, 3.05) is 18.1 Å². The van der Waals surface area contributed by atoms with Crippen molar-refractivity contribution in [1.29, 1.82) is 5.26 Å². The molecule has 10 heteroatoms. The van der Waals surface area contributed by atoms with Crippen LogP contribution in [-0.4, -0.2) is 40.7 Å². The van der Waals surface area contributed by atoms with Gasteiger partial charge in [0.1, 0.15) is 17.5 Å². The zero-order chi connectivity index (χ0) is 25.4. The van der Waals surface area contributed by atoms with Crippen LogP contribution in [0.2, 0.25) is 0 Å². The summed E-state index contributed by atoms with van der Waals surface area (Å²) in [6.45, 7) is 10.2. The smallest absolute Gasteiger partial charge is 0.407 e. The molecule has 0 aliphatic heterocycles. The molecule has 2 aromatic rings. The fourth-order valence-corrected chi connectivity index (χ4v) is 3.10. The second-order valence-electron chi connectivity index (χ2n) is 9.58. The Hall–Kier alpha value is -3.74. The summed E-state index contributed by atoms with van der Waals surface area (Å²) in [6, 6.07) is 8.67. The van der Waals surface area contributed by atoms with E-state index in [9.17, 15) is 14.0 Å². The SMILES string of the molecule is CC(C)(CCCNC(=O)OC(C)(C)C)CN(NC(=O)c1ccc(F)cc1)c1ccnc(C#N)n1. The van der Waals surface area contributed by atoms with Crippen LogP contribution in [0, 0.1) is 22.6 Å². The number of alkyl carbamates (subject to hydrolysis) is 1. The topological polar surface area (TPSA) is 120 Å². The number of aromatic nitrogens is 2. The van der Waals surface area contributed by atoms with Gasteiger partial charge in [0.2, 0.25) is 5.82 Å². The van der Waals surface area contributed by atoms with Crippen molar-refractivity contribution in [3.05, 3.63) is 53.7 Å². The van der Waals surface area contributed by atoms with Gasteiger partial charge in [0, 0.05) is 30.9 Å². The summed E-state index contributed by atoms with van der Waals surface area (Å²) in [5, 5.41) is 13.4. The lowest BCUT2D eigenvalue weighted by Gasteiger charge is -2.33. The molecule has 0 atom stereocenters. The highest BCUT2D eigenvalue weighted by Gasteiger charge is 2.25. The maximum absolute atomic E-state index is 13.2. The highest BCUT2D eigenvalue weighted by molar-refractivity contribution is 5.95. The molecule has 1 aromatic heterocycles. The maximum Gasteiger partial charge on any atom is 0.407 e. The van der Waals surface area contributed by atoms with E-state index in [1.54, 1.807) is 31.8 Å². The van der Waals surface area contributed by atoms with Gasteiger partial charge in [-0.1, -0.05) is 13.8 Å². The Labute approximate surface area is 199 Å². The number of halogens is 1. The zero-order valence-electron chi connectivity index (χ0n) is 20.2. The van der Waals surface area contributed by atoms with Gasteiger partial charge in [-0.2, -0.15) is 10.2 Å². The van der Waals surface area contributed by atoms with E-state index in [1.807, 2.05) is 19.9 Å². The molecule has 0 fully saturated rings. The first kappa shape index (κ1) is 26.5. The van der Waals surface area contributed by atoms with Crippen LogP contribution in [0.3, 0.4) is 0 Å². The molecule has 2 amide bonds. The van der Waals surface area contributed by atoms with Gasteiger partial charge in [-0.05, 0) is 63.3 Å². The van der Waals surface area contributed by atoms with Gasteiger partial charge in [-0.25, -0.2) is 14.2 Å². The van der Waals surface area contributed by atoms with Crippen LogP contribution in [0.15, 0.2) is 36.5 Å². The molecule has 1 heterocycles.